The largest absolute Gasteiger partial charge is 0.497 e. The molecule has 58 heavy (non-hydrogen) atoms. The van der Waals surface area contributed by atoms with Crippen molar-refractivity contribution in [2.24, 2.45) is 0 Å². The number of nitrogens with one attached hydrogen (secondary N) is 1. The molecule has 5 rings (SSSR count). The van der Waals surface area contributed by atoms with Crippen LogP contribution in [0.2, 0.25) is 24.2 Å². The number of hydrogen-bond acceptors (Lipinski definition) is 9. The van der Waals surface area contributed by atoms with Gasteiger partial charge in [-0.25, -0.2) is 9.46 Å². The van der Waals surface area contributed by atoms with Gasteiger partial charge in [0.15, 0.2) is 0 Å². The van der Waals surface area contributed by atoms with Crippen molar-refractivity contribution in [3.05, 3.63) is 128 Å². The lowest BCUT2D eigenvalue weighted by molar-refractivity contribution is -0.0925. The first-order valence-electron chi connectivity index (χ1n) is 20.3. The third-order valence-corrected chi connectivity index (χ3v) is 19.4. The SMILES string of the molecule is COc1ccc(C(OC[C@H]2O[C@@H](n3cc(C)c(=O)[nH]c3=O)C[C@@H]2OP(OCC[Si](C)(C)C(C)(C)C)N(C(C)C)C(C)C)(c2ccccc2)c2ccc(OC)cc2)cc1. The summed E-state index contributed by atoms with van der Waals surface area (Å²) in [6.45, 7) is 22.8. The molecule has 1 aliphatic rings. The van der Waals surface area contributed by atoms with E-state index in [1.165, 1.54) is 4.57 Å². The zero-order chi connectivity index (χ0) is 42.4. The van der Waals surface area contributed by atoms with Crippen LogP contribution in [0.1, 0.15) is 83.4 Å². The Labute approximate surface area is 347 Å². The third-order valence-electron chi connectivity index (χ3n) is 11.7. The minimum Gasteiger partial charge on any atom is -0.497 e. The quantitative estimate of drug-likeness (QED) is 0.0595. The highest BCUT2D eigenvalue weighted by atomic mass is 31.2. The van der Waals surface area contributed by atoms with E-state index >= 15 is 0 Å². The van der Waals surface area contributed by atoms with Crippen LogP contribution in [0.5, 0.6) is 11.5 Å². The second kappa shape index (κ2) is 19.2. The Morgan fingerprint density at radius 1 is 0.862 bits per heavy atom. The molecule has 4 atom stereocenters. The van der Waals surface area contributed by atoms with Gasteiger partial charge in [-0.05, 0) is 86.7 Å². The number of aryl methyl sites for hydroxylation is 1. The molecule has 1 fully saturated rings. The number of aromatic amines is 1. The van der Waals surface area contributed by atoms with Gasteiger partial charge in [-0.1, -0.05) is 88.5 Å². The molecule has 1 saturated heterocycles. The summed E-state index contributed by atoms with van der Waals surface area (Å²) in [6.07, 6.45) is -0.0213. The Morgan fingerprint density at radius 3 is 1.90 bits per heavy atom. The lowest BCUT2D eigenvalue weighted by atomic mass is 9.80. The van der Waals surface area contributed by atoms with E-state index in [1.807, 2.05) is 66.7 Å². The summed E-state index contributed by atoms with van der Waals surface area (Å²) in [5.74, 6) is 1.44. The van der Waals surface area contributed by atoms with E-state index in [0.29, 0.717) is 18.6 Å². The van der Waals surface area contributed by atoms with Gasteiger partial charge in [0.25, 0.3) is 14.1 Å². The summed E-state index contributed by atoms with van der Waals surface area (Å²) in [6, 6.07) is 27.1. The predicted octanol–water partition coefficient (Wildman–Crippen LogP) is 9.41. The van der Waals surface area contributed by atoms with Crippen LogP contribution in [0.3, 0.4) is 0 Å². The molecule has 4 aromatic rings. The second-order valence-electron chi connectivity index (χ2n) is 17.3. The smallest absolute Gasteiger partial charge is 0.330 e. The molecule has 1 aliphatic heterocycles. The number of ether oxygens (including phenoxy) is 4. The standard InChI is InChI=1S/C45H64N3O8PSi/c1-31(2)48(32(3)4)57(54-26-27-58(11,12)44(6,7)8)56-39-28-41(47-29-33(5)42(49)46-43(47)50)55-40(39)30-53-45(34-16-14-13-15-17-34,35-18-22-37(51-9)23-19-35)36-20-24-38(52-10)25-21-36/h13-25,29,31-32,39-41H,26-28,30H2,1-12H3,(H,46,49,50)/t39-,40+,41+,57?/m0/s1. The minimum absolute atomic E-state index is 0.0850. The molecule has 1 N–H and O–H groups in total. The van der Waals surface area contributed by atoms with E-state index in [2.05, 4.69) is 83.3 Å². The first-order chi connectivity index (χ1) is 27.4. The molecule has 13 heteroatoms. The third kappa shape index (κ3) is 10.2. The fourth-order valence-electron chi connectivity index (χ4n) is 7.21. The number of benzene rings is 3. The van der Waals surface area contributed by atoms with E-state index < -0.39 is 51.9 Å². The van der Waals surface area contributed by atoms with Crippen molar-refractivity contribution in [3.63, 3.8) is 0 Å². The average molecular weight is 834 g/mol. The Hall–Kier alpha value is -3.61. The van der Waals surface area contributed by atoms with Crippen LogP contribution in [-0.2, 0) is 24.1 Å². The van der Waals surface area contributed by atoms with Gasteiger partial charge in [0.1, 0.15) is 29.4 Å². The molecule has 0 saturated carbocycles. The number of rotatable bonds is 18. The van der Waals surface area contributed by atoms with E-state index in [0.717, 1.165) is 34.2 Å². The molecule has 1 aromatic heterocycles. The molecule has 1 unspecified atom stereocenters. The van der Waals surface area contributed by atoms with E-state index in [-0.39, 0.29) is 23.7 Å². The fraction of sp³-hybridized carbons (Fsp3) is 0.511. The number of methoxy groups -OCH3 is 2. The van der Waals surface area contributed by atoms with Gasteiger partial charge in [-0.15, -0.1) is 0 Å². The maximum absolute atomic E-state index is 13.3. The summed E-state index contributed by atoms with van der Waals surface area (Å²) < 4.78 is 43.0. The van der Waals surface area contributed by atoms with Crippen LogP contribution < -0.4 is 20.7 Å². The lowest BCUT2D eigenvalue weighted by Gasteiger charge is -2.40. The van der Waals surface area contributed by atoms with Crippen molar-refractivity contribution in [1.29, 1.82) is 0 Å². The van der Waals surface area contributed by atoms with Gasteiger partial charge in [0.2, 0.25) is 0 Å². The van der Waals surface area contributed by atoms with Gasteiger partial charge in [-0.2, -0.15) is 0 Å². The first kappa shape index (κ1) is 45.5. The molecule has 11 nitrogen and oxygen atoms in total. The van der Waals surface area contributed by atoms with Crippen LogP contribution in [0.25, 0.3) is 0 Å². The Morgan fingerprint density at radius 2 is 1.40 bits per heavy atom. The molecule has 0 amide bonds. The molecular weight excluding hydrogens is 770 g/mol. The molecule has 316 valence electrons. The van der Waals surface area contributed by atoms with E-state index in [4.69, 9.17) is 28.0 Å². The first-order valence-corrected chi connectivity index (χ1v) is 24.6. The summed E-state index contributed by atoms with van der Waals surface area (Å²) in [5.41, 5.74) is 0.994. The highest BCUT2D eigenvalue weighted by molar-refractivity contribution is 7.44. The zero-order valence-corrected chi connectivity index (χ0v) is 38.3. The highest BCUT2D eigenvalue weighted by Gasteiger charge is 2.45. The van der Waals surface area contributed by atoms with Crippen molar-refractivity contribution >= 4 is 16.6 Å². The Balaban J connectivity index is 1.59. The molecule has 3 aromatic carbocycles. The van der Waals surface area contributed by atoms with Crippen LogP contribution >= 0.6 is 8.53 Å². The molecule has 2 heterocycles. The van der Waals surface area contributed by atoms with Crippen molar-refractivity contribution < 1.29 is 28.0 Å². The fourth-order valence-corrected chi connectivity index (χ4v) is 10.5. The van der Waals surface area contributed by atoms with Gasteiger partial charge < -0.3 is 28.0 Å². The zero-order valence-electron chi connectivity index (χ0n) is 36.4. The van der Waals surface area contributed by atoms with Crippen molar-refractivity contribution in [1.82, 2.24) is 14.2 Å². The Bertz CT molecular complexity index is 1980. The lowest BCUT2D eigenvalue weighted by Crippen LogP contribution is -2.40. The minimum atomic E-state index is -1.65. The summed E-state index contributed by atoms with van der Waals surface area (Å²) in [4.78, 5) is 28.2. The molecule has 0 bridgehead atoms. The van der Waals surface area contributed by atoms with Crippen LogP contribution in [0.15, 0.2) is 94.6 Å². The molecule has 0 aliphatic carbocycles. The molecule has 0 spiro atoms. The molecular formula is C45H64N3O8PSi. The summed E-state index contributed by atoms with van der Waals surface area (Å²) in [7, 11) is 0.0739. The van der Waals surface area contributed by atoms with Gasteiger partial charge >= 0.3 is 5.69 Å². The van der Waals surface area contributed by atoms with Gasteiger partial charge in [-0.3, -0.25) is 14.3 Å². The van der Waals surface area contributed by atoms with Gasteiger partial charge in [0, 0.05) is 30.3 Å². The van der Waals surface area contributed by atoms with E-state index in [1.54, 1.807) is 27.3 Å². The van der Waals surface area contributed by atoms with Crippen molar-refractivity contribution in [3.8, 4) is 11.5 Å². The molecule has 0 radical (unpaired) electrons. The summed E-state index contributed by atoms with van der Waals surface area (Å²) >= 11 is 0. The second-order valence-corrected chi connectivity index (χ2v) is 24.5. The van der Waals surface area contributed by atoms with Gasteiger partial charge in [0.05, 0.1) is 41.6 Å². The van der Waals surface area contributed by atoms with Crippen LogP contribution in [0, 0.1) is 6.92 Å². The van der Waals surface area contributed by atoms with Crippen LogP contribution in [0.4, 0.5) is 0 Å². The number of aromatic nitrogens is 2. The maximum Gasteiger partial charge on any atom is 0.330 e. The monoisotopic (exact) mass is 833 g/mol. The normalized spacial score (nSPS) is 18.3. The van der Waals surface area contributed by atoms with E-state index in [9.17, 15) is 9.59 Å². The van der Waals surface area contributed by atoms with Crippen molar-refractivity contribution in [2.75, 3.05) is 27.4 Å². The highest BCUT2D eigenvalue weighted by Crippen LogP contribution is 2.51. The maximum atomic E-state index is 13.3. The predicted molar refractivity (Wildman–Crippen MR) is 235 cm³/mol. The van der Waals surface area contributed by atoms with Crippen molar-refractivity contribution in [2.45, 2.75) is 122 Å². The summed E-state index contributed by atoms with van der Waals surface area (Å²) in [5, 5.41) is 0.214. The Kier molecular flexibility index (Phi) is 15.0. The topological polar surface area (TPSA) is 113 Å². The number of H-pyrrole nitrogens is 1. The average Bonchev–Trinajstić information content (AvgIpc) is 3.58. The van der Waals surface area contributed by atoms with Crippen LogP contribution in [-0.4, -0.2) is 74.0 Å². The number of hydrogen-bond donors (Lipinski definition) is 1. The number of nitrogens with zero attached hydrogens (tertiary/aromatic N) is 2.